The highest BCUT2D eigenvalue weighted by molar-refractivity contribution is 7.93. The molecule has 0 atom stereocenters. The molecule has 2 N–H and O–H groups in total. The summed E-state index contributed by atoms with van der Waals surface area (Å²) in [6.07, 6.45) is 0. The van der Waals surface area contributed by atoms with Crippen molar-refractivity contribution in [2.45, 2.75) is 9.79 Å². The zero-order valence-corrected chi connectivity index (χ0v) is 17.4. The Labute approximate surface area is 176 Å². The van der Waals surface area contributed by atoms with Gasteiger partial charge in [-0.3, -0.25) is 9.44 Å². The van der Waals surface area contributed by atoms with Crippen LogP contribution in [0.2, 0.25) is 0 Å². The Bertz CT molecular complexity index is 1350. The molecule has 0 heterocycles. The molecule has 0 aliphatic rings. The van der Waals surface area contributed by atoms with E-state index in [4.69, 9.17) is 4.74 Å². The predicted molar refractivity (Wildman–Crippen MR) is 107 cm³/mol. The SMILES string of the molecule is COc1ccccc1NS(=O)(=O)c1cccc(NS(=O)(=O)c2ccc(F)c(F)c2F)c1. The van der Waals surface area contributed by atoms with Gasteiger partial charge >= 0.3 is 0 Å². The molecule has 0 fully saturated rings. The zero-order valence-electron chi connectivity index (χ0n) is 15.8. The lowest BCUT2D eigenvalue weighted by Gasteiger charge is -2.13. The monoisotopic (exact) mass is 472 g/mol. The Morgan fingerprint density at radius 2 is 1.48 bits per heavy atom. The molecule has 3 aromatic rings. The first-order valence-corrected chi connectivity index (χ1v) is 11.4. The molecule has 31 heavy (non-hydrogen) atoms. The lowest BCUT2D eigenvalue weighted by Crippen LogP contribution is -2.17. The number of nitrogens with one attached hydrogen (secondary N) is 2. The van der Waals surface area contributed by atoms with Crippen molar-refractivity contribution in [2.24, 2.45) is 0 Å². The quantitative estimate of drug-likeness (QED) is 0.511. The molecule has 0 saturated heterocycles. The van der Waals surface area contributed by atoms with Crippen LogP contribution in [0.4, 0.5) is 24.5 Å². The Morgan fingerprint density at radius 3 is 2.19 bits per heavy atom. The number of sulfonamides is 2. The van der Waals surface area contributed by atoms with Crippen LogP contribution in [0.5, 0.6) is 5.75 Å². The lowest BCUT2D eigenvalue weighted by atomic mass is 10.3. The van der Waals surface area contributed by atoms with E-state index >= 15 is 0 Å². The van der Waals surface area contributed by atoms with Gasteiger partial charge < -0.3 is 4.74 Å². The fraction of sp³-hybridized carbons (Fsp3) is 0.0526. The normalized spacial score (nSPS) is 11.7. The second kappa shape index (κ2) is 8.47. The van der Waals surface area contributed by atoms with E-state index in [1.54, 1.807) is 18.2 Å². The second-order valence-corrected chi connectivity index (χ2v) is 9.45. The van der Waals surface area contributed by atoms with Crippen molar-refractivity contribution in [3.8, 4) is 5.75 Å². The molecule has 0 aliphatic heterocycles. The van der Waals surface area contributed by atoms with Gasteiger partial charge in [-0.2, -0.15) is 0 Å². The Hall–Kier alpha value is -3.25. The van der Waals surface area contributed by atoms with Crippen molar-refractivity contribution in [3.05, 3.63) is 78.1 Å². The van der Waals surface area contributed by atoms with Gasteiger partial charge in [0.25, 0.3) is 20.0 Å². The van der Waals surface area contributed by atoms with Crippen LogP contribution in [0.1, 0.15) is 0 Å². The van der Waals surface area contributed by atoms with Crippen LogP contribution in [0.25, 0.3) is 0 Å². The van der Waals surface area contributed by atoms with E-state index in [2.05, 4.69) is 4.72 Å². The van der Waals surface area contributed by atoms with Gasteiger partial charge in [-0.1, -0.05) is 18.2 Å². The Morgan fingerprint density at radius 1 is 0.774 bits per heavy atom. The fourth-order valence-electron chi connectivity index (χ4n) is 2.59. The number of anilines is 2. The van der Waals surface area contributed by atoms with E-state index in [1.807, 2.05) is 4.72 Å². The van der Waals surface area contributed by atoms with Gasteiger partial charge in [0, 0.05) is 0 Å². The smallest absolute Gasteiger partial charge is 0.264 e. The average molecular weight is 472 g/mol. The summed E-state index contributed by atoms with van der Waals surface area (Å²) in [6, 6.07) is 11.9. The summed E-state index contributed by atoms with van der Waals surface area (Å²) in [5.41, 5.74) is -0.0909. The van der Waals surface area contributed by atoms with Gasteiger partial charge in [-0.15, -0.1) is 0 Å². The van der Waals surface area contributed by atoms with E-state index in [0.717, 1.165) is 6.07 Å². The molecule has 3 aromatic carbocycles. The van der Waals surface area contributed by atoms with Crippen molar-refractivity contribution in [2.75, 3.05) is 16.6 Å². The van der Waals surface area contributed by atoms with Crippen molar-refractivity contribution in [1.82, 2.24) is 0 Å². The van der Waals surface area contributed by atoms with E-state index < -0.39 is 42.4 Å². The second-order valence-electron chi connectivity index (χ2n) is 6.11. The molecule has 0 bridgehead atoms. The fourth-order valence-corrected chi connectivity index (χ4v) is 4.82. The summed E-state index contributed by atoms with van der Waals surface area (Å²) < 4.78 is 99.9. The first kappa shape index (κ1) is 22.4. The van der Waals surface area contributed by atoms with E-state index in [-0.39, 0.29) is 22.0 Å². The van der Waals surface area contributed by atoms with Gasteiger partial charge in [0.15, 0.2) is 17.5 Å². The number of ether oxygens (including phenoxy) is 1. The molecule has 0 saturated carbocycles. The first-order chi connectivity index (χ1) is 14.5. The van der Waals surface area contributed by atoms with Crippen LogP contribution in [0, 0.1) is 17.5 Å². The molecule has 0 aromatic heterocycles. The van der Waals surface area contributed by atoms with Crippen LogP contribution < -0.4 is 14.2 Å². The maximum absolute atomic E-state index is 13.9. The summed E-state index contributed by atoms with van der Waals surface area (Å²) in [7, 11) is -7.48. The number of hydrogen-bond acceptors (Lipinski definition) is 5. The minimum absolute atomic E-state index is 0.153. The van der Waals surface area contributed by atoms with Crippen molar-refractivity contribution >= 4 is 31.4 Å². The highest BCUT2D eigenvalue weighted by Gasteiger charge is 2.25. The van der Waals surface area contributed by atoms with Crippen LogP contribution >= 0.6 is 0 Å². The number of para-hydroxylation sites is 2. The standard InChI is InChI=1S/C19H15F3N2O5S2/c1-29-16-8-3-2-7-15(16)24-30(25,26)13-6-4-5-12(11-13)23-31(27,28)17-10-9-14(20)18(21)19(17)22/h2-11,23-24H,1H3. The van der Waals surface area contributed by atoms with Crippen LogP contribution in [0.15, 0.2) is 70.5 Å². The predicted octanol–water partition coefficient (Wildman–Crippen LogP) is 3.71. The molecule has 0 unspecified atom stereocenters. The van der Waals surface area contributed by atoms with Crippen molar-refractivity contribution < 1.29 is 34.7 Å². The molecular formula is C19H15F3N2O5S2. The van der Waals surface area contributed by atoms with Gasteiger partial charge in [-0.25, -0.2) is 30.0 Å². The van der Waals surface area contributed by atoms with Gasteiger partial charge in [-0.05, 0) is 42.5 Å². The maximum Gasteiger partial charge on any atom is 0.264 e. The van der Waals surface area contributed by atoms with Gasteiger partial charge in [0.1, 0.15) is 10.6 Å². The molecule has 0 aliphatic carbocycles. The summed E-state index contributed by atoms with van der Waals surface area (Å²) in [5, 5.41) is 0. The van der Waals surface area contributed by atoms with Gasteiger partial charge in [0.05, 0.1) is 23.4 Å². The van der Waals surface area contributed by atoms with Crippen molar-refractivity contribution in [1.29, 1.82) is 0 Å². The number of halogens is 3. The molecule has 164 valence electrons. The molecule has 7 nitrogen and oxygen atoms in total. The summed E-state index contributed by atoms with van der Waals surface area (Å²) in [5.74, 6) is -5.13. The number of methoxy groups -OCH3 is 1. The van der Waals surface area contributed by atoms with Crippen molar-refractivity contribution in [3.63, 3.8) is 0 Å². The topological polar surface area (TPSA) is 102 Å². The summed E-state index contributed by atoms with van der Waals surface area (Å²) in [6.45, 7) is 0. The highest BCUT2D eigenvalue weighted by Crippen LogP contribution is 2.28. The average Bonchev–Trinajstić information content (AvgIpc) is 2.72. The Kier molecular flexibility index (Phi) is 6.13. The molecule has 0 amide bonds. The molecule has 0 radical (unpaired) electrons. The van der Waals surface area contributed by atoms with Crippen LogP contribution in [0.3, 0.4) is 0 Å². The number of benzene rings is 3. The number of rotatable bonds is 7. The third-order valence-corrected chi connectivity index (χ3v) is 6.80. The lowest BCUT2D eigenvalue weighted by molar-refractivity contribution is 0.417. The third-order valence-electron chi connectivity index (χ3n) is 4.04. The zero-order chi connectivity index (χ0) is 22.8. The van der Waals surface area contributed by atoms with E-state index in [0.29, 0.717) is 12.1 Å². The largest absolute Gasteiger partial charge is 0.495 e. The molecule has 0 spiro atoms. The van der Waals surface area contributed by atoms with E-state index in [1.165, 1.54) is 31.4 Å². The molecular weight excluding hydrogens is 457 g/mol. The van der Waals surface area contributed by atoms with Crippen LogP contribution in [-0.4, -0.2) is 23.9 Å². The minimum Gasteiger partial charge on any atom is -0.495 e. The first-order valence-electron chi connectivity index (χ1n) is 8.47. The summed E-state index contributed by atoms with van der Waals surface area (Å²) in [4.78, 5) is -1.45. The maximum atomic E-state index is 13.9. The van der Waals surface area contributed by atoms with Crippen LogP contribution in [-0.2, 0) is 20.0 Å². The number of hydrogen-bond donors (Lipinski definition) is 2. The Balaban J connectivity index is 1.92. The third kappa shape index (κ3) is 4.75. The molecule has 12 heteroatoms. The van der Waals surface area contributed by atoms with E-state index in [9.17, 15) is 30.0 Å². The van der Waals surface area contributed by atoms with Gasteiger partial charge in [0.2, 0.25) is 0 Å². The summed E-state index contributed by atoms with van der Waals surface area (Å²) >= 11 is 0. The highest BCUT2D eigenvalue weighted by atomic mass is 32.2. The molecule has 3 rings (SSSR count). The minimum atomic E-state index is -4.68.